The number of anilines is 1. The lowest BCUT2D eigenvalue weighted by atomic mass is 10.2. The molecule has 0 aliphatic carbocycles. The van der Waals surface area contributed by atoms with E-state index in [2.05, 4.69) is 10.1 Å². The summed E-state index contributed by atoms with van der Waals surface area (Å²) in [5.41, 5.74) is 0.516. The van der Waals surface area contributed by atoms with Gasteiger partial charge in [-0.25, -0.2) is 13.6 Å². The molecule has 4 nitrogen and oxygen atoms in total. The monoisotopic (exact) mass is 342 g/mol. The Morgan fingerprint density at radius 2 is 1.83 bits per heavy atom. The molecule has 0 fully saturated rings. The maximum atomic E-state index is 13.5. The van der Waals surface area contributed by atoms with Gasteiger partial charge in [0.15, 0.2) is 0 Å². The molecule has 128 valence electrons. The van der Waals surface area contributed by atoms with Crippen LogP contribution in [0.4, 0.5) is 28.0 Å². The van der Waals surface area contributed by atoms with E-state index < -0.39 is 24.3 Å². The zero-order valence-corrected chi connectivity index (χ0v) is 12.6. The molecule has 0 saturated heterocycles. The van der Waals surface area contributed by atoms with E-state index in [1.54, 1.807) is 0 Å². The minimum atomic E-state index is -2.91. The van der Waals surface area contributed by atoms with Gasteiger partial charge in [0, 0.05) is 19.7 Å². The summed E-state index contributed by atoms with van der Waals surface area (Å²) < 4.78 is 54.7. The van der Waals surface area contributed by atoms with E-state index in [-0.39, 0.29) is 18.0 Å². The van der Waals surface area contributed by atoms with E-state index in [9.17, 15) is 22.4 Å². The van der Waals surface area contributed by atoms with E-state index in [0.29, 0.717) is 11.6 Å². The smallest absolute Gasteiger partial charge is 0.387 e. The number of halogens is 4. The molecule has 0 radical (unpaired) electrons. The molecular weight excluding hydrogens is 328 g/mol. The number of ether oxygens (including phenoxy) is 1. The van der Waals surface area contributed by atoms with Gasteiger partial charge in [-0.3, -0.25) is 0 Å². The minimum absolute atomic E-state index is 0.00855. The van der Waals surface area contributed by atoms with Gasteiger partial charge in [-0.2, -0.15) is 8.78 Å². The number of nitrogens with one attached hydrogen (secondary N) is 1. The maximum Gasteiger partial charge on any atom is 0.387 e. The molecule has 0 heterocycles. The molecule has 0 aromatic heterocycles. The van der Waals surface area contributed by atoms with Gasteiger partial charge in [0.1, 0.15) is 17.4 Å². The van der Waals surface area contributed by atoms with Crippen molar-refractivity contribution >= 4 is 11.7 Å². The van der Waals surface area contributed by atoms with Crippen molar-refractivity contribution in [2.24, 2.45) is 0 Å². The predicted octanol–water partition coefficient (Wildman–Crippen LogP) is 4.23. The van der Waals surface area contributed by atoms with E-state index in [4.69, 9.17) is 0 Å². The van der Waals surface area contributed by atoms with Crippen molar-refractivity contribution in [3.63, 3.8) is 0 Å². The lowest BCUT2D eigenvalue weighted by Gasteiger charge is -2.18. The number of amides is 2. The number of carbonyl (C=O) groups excluding carboxylic acids is 1. The van der Waals surface area contributed by atoms with Crippen molar-refractivity contribution in [3.8, 4) is 5.75 Å². The summed E-state index contributed by atoms with van der Waals surface area (Å²) in [5.74, 6) is -1.62. The van der Waals surface area contributed by atoms with E-state index in [1.165, 1.54) is 36.2 Å². The lowest BCUT2D eigenvalue weighted by Crippen LogP contribution is -2.31. The third-order valence-corrected chi connectivity index (χ3v) is 3.09. The number of alkyl halides is 2. The fourth-order valence-electron chi connectivity index (χ4n) is 1.92. The molecule has 0 bridgehead atoms. The number of benzene rings is 2. The second-order valence-corrected chi connectivity index (χ2v) is 4.93. The van der Waals surface area contributed by atoms with Crippen molar-refractivity contribution in [2.75, 3.05) is 12.4 Å². The van der Waals surface area contributed by atoms with Gasteiger partial charge in [0.2, 0.25) is 0 Å². The topological polar surface area (TPSA) is 41.6 Å². The van der Waals surface area contributed by atoms with Gasteiger partial charge in [0.25, 0.3) is 0 Å². The summed E-state index contributed by atoms with van der Waals surface area (Å²) in [6.07, 6.45) is 0. The molecule has 8 heteroatoms. The van der Waals surface area contributed by atoms with Crippen molar-refractivity contribution in [3.05, 3.63) is 59.7 Å². The summed E-state index contributed by atoms with van der Waals surface area (Å²) >= 11 is 0. The molecule has 2 aromatic carbocycles. The van der Waals surface area contributed by atoms with Crippen LogP contribution < -0.4 is 10.1 Å². The molecule has 0 saturated carbocycles. The van der Waals surface area contributed by atoms with E-state index in [1.807, 2.05) is 0 Å². The first-order chi connectivity index (χ1) is 11.3. The Bertz CT molecular complexity index is 708. The highest BCUT2D eigenvalue weighted by Crippen LogP contribution is 2.17. The van der Waals surface area contributed by atoms with E-state index >= 15 is 0 Å². The van der Waals surface area contributed by atoms with E-state index in [0.717, 1.165) is 12.1 Å². The first-order valence-electron chi connectivity index (χ1n) is 6.86. The Labute approximate surface area is 135 Å². The fourth-order valence-corrected chi connectivity index (χ4v) is 1.92. The van der Waals surface area contributed by atoms with Gasteiger partial charge < -0.3 is 15.0 Å². The van der Waals surface area contributed by atoms with Crippen LogP contribution in [0.5, 0.6) is 5.75 Å². The zero-order chi connectivity index (χ0) is 17.7. The normalized spacial score (nSPS) is 10.6. The first kappa shape index (κ1) is 17.6. The van der Waals surface area contributed by atoms with Gasteiger partial charge in [-0.1, -0.05) is 12.1 Å². The zero-order valence-electron chi connectivity index (χ0n) is 12.6. The Kier molecular flexibility index (Phi) is 5.62. The van der Waals surface area contributed by atoms with Crippen LogP contribution in [0.15, 0.2) is 42.5 Å². The number of carbonyl (C=O) groups is 1. The second-order valence-electron chi connectivity index (χ2n) is 4.93. The van der Waals surface area contributed by atoms with Gasteiger partial charge >= 0.3 is 12.6 Å². The standard InChI is InChI=1S/C16H14F4N2O2/c1-22(9-10-2-5-12(6-3-10)24-15(19)20)16(23)21-14-7-4-11(17)8-13(14)18/h2-8,15H,9H2,1H3,(H,21,23). The molecule has 1 N–H and O–H groups in total. The van der Waals surface area contributed by atoms with Crippen LogP contribution in [0.1, 0.15) is 5.56 Å². The van der Waals surface area contributed by atoms with Crippen LogP contribution in [0.2, 0.25) is 0 Å². The number of hydrogen-bond acceptors (Lipinski definition) is 2. The summed E-state index contributed by atoms with van der Waals surface area (Å²) in [6.45, 7) is -2.75. The average Bonchev–Trinajstić information content (AvgIpc) is 2.51. The number of nitrogens with zero attached hydrogens (tertiary/aromatic N) is 1. The fraction of sp³-hybridized carbons (Fsp3) is 0.188. The summed E-state index contributed by atoms with van der Waals surface area (Å²) in [4.78, 5) is 13.3. The van der Waals surface area contributed by atoms with Crippen molar-refractivity contribution in [2.45, 2.75) is 13.2 Å². The predicted molar refractivity (Wildman–Crippen MR) is 79.9 cm³/mol. The lowest BCUT2D eigenvalue weighted by molar-refractivity contribution is -0.0498. The van der Waals surface area contributed by atoms with Crippen LogP contribution in [0.3, 0.4) is 0 Å². The molecule has 0 aliphatic rings. The minimum Gasteiger partial charge on any atom is -0.435 e. The first-order valence-corrected chi connectivity index (χ1v) is 6.86. The van der Waals surface area contributed by atoms with Crippen molar-refractivity contribution < 1.29 is 27.1 Å². The molecule has 0 atom stereocenters. The number of urea groups is 1. The molecule has 2 amide bonds. The molecular formula is C16H14F4N2O2. The van der Waals surface area contributed by atoms with Crippen LogP contribution in [-0.2, 0) is 6.54 Å². The van der Waals surface area contributed by atoms with Crippen LogP contribution in [-0.4, -0.2) is 24.6 Å². The maximum absolute atomic E-state index is 13.5. The molecule has 2 aromatic rings. The third kappa shape index (κ3) is 4.87. The SMILES string of the molecule is CN(Cc1ccc(OC(F)F)cc1)C(=O)Nc1ccc(F)cc1F. The van der Waals surface area contributed by atoms with Gasteiger partial charge in [-0.15, -0.1) is 0 Å². The Morgan fingerprint density at radius 1 is 1.17 bits per heavy atom. The largest absolute Gasteiger partial charge is 0.435 e. The summed E-state index contributed by atoms with van der Waals surface area (Å²) in [7, 11) is 1.47. The van der Waals surface area contributed by atoms with Crippen LogP contribution >= 0.6 is 0 Å². The Hall–Kier alpha value is -2.77. The quantitative estimate of drug-likeness (QED) is 0.826. The third-order valence-electron chi connectivity index (χ3n) is 3.09. The highest BCUT2D eigenvalue weighted by Gasteiger charge is 2.13. The number of hydrogen-bond donors (Lipinski definition) is 1. The van der Waals surface area contributed by atoms with Crippen molar-refractivity contribution in [1.29, 1.82) is 0 Å². The Morgan fingerprint density at radius 3 is 2.42 bits per heavy atom. The van der Waals surface area contributed by atoms with Gasteiger partial charge in [-0.05, 0) is 29.8 Å². The summed E-state index contributed by atoms with van der Waals surface area (Å²) in [6, 6.07) is 7.97. The average molecular weight is 342 g/mol. The highest BCUT2D eigenvalue weighted by molar-refractivity contribution is 5.89. The van der Waals surface area contributed by atoms with Crippen molar-refractivity contribution in [1.82, 2.24) is 4.90 Å². The molecule has 24 heavy (non-hydrogen) atoms. The highest BCUT2D eigenvalue weighted by atomic mass is 19.3. The van der Waals surface area contributed by atoms with Crippen LogP contribution in [0.25, 0.3) is 0 Å². The van der Waals surface area contributed by atoms with Gasteiger partial charge in [0.05, 0.1) is 5.69 Å². The van der Waals surface area contributed by atoms with Crippen LogP contribution in [0, 0.1) is 11.6 Å². The molecule has 0 unspecified atom stereocenters. The second kappa shape index (κ2) is 7.67. The molecule has 0 spiro atoms. The molecule has 2 rings (SSSR count). The summed E-state index contributed by atoms with van der Waals surface area (Å²) in [5, 5.41) is 2.32. The molecule has 0 aliphatic heterocycles. The number of rotatable bonds is 5. The Balaban J connectivity index is 1.95.